The van der Waals surface area contributed by atoms with Crippen LogP contribution in [0.1, 0.15) is 10.7 Å². The number of rotatable bonds is 6. The third kappa shape index (κ3) is 4.40. The Morgan fingerprint density at radius 3 is 3.08 bits per heavy atom. The van der Waals surface area contributed by atoms with E-state index in [0.717, 1.165) is 31.2 Å². The van der Waals surface area contributed by atoms with E-state index >= 15 is 0 Å². The van der Waals surface area contributed by atoms with Gasteiger partial charge in [-0.25, -0.2) is 9.97 Å². The topological polar surface area (TPSA) is 63.5 Å². The van der Waals surface area contributed by atoms with Crippen LogP contribution in [0.2, 0.25) is 0 Å². The van der Waals surface area contributed by atoms with Gasteiger partial charge in [0.25, 0.3) is 0 Å². The van der Waals surface area contributed by atoms with E-state index in [4.69, 9.17) is 4.74 Å². The van der Waals surface area contributed by atoms with E-state index in [1.807, 2.05) is 24.1 Å². The minimum Gasteiger partial charge on any atom is -0.371 e. The van der Waals surface area contributed by atoms with E-state index in [-0.39, 0.29) is 12.5 Å². The monoisotopic (exact) mass is 349 g/mol. The molecule has 2 aromatic rings. The first-order chi connectivity index (χ1) is 11.6. The van der Waals surface area contributed by atoms with Gasteiger partial charge in [-0.2, -0.15) is 0 Å². The fourth-order valence-corrected chi connectivity index (χ4v) is 3.49. The molecule has 1 aliphatic rings. The Kier molecular flexibility index (Phi) is 5.60. The number of carbonyl (C=O) groups is 1. The van der Waals surface area contributed by atoms with Crippen LogP contribution in [0.4, 0.5) is 0 Å². The van der Waals surface area contributed by atoms with Gasteiger partial charge in [0.1, 0.15) is 11.6 Å². The van der Waals surface area contributed by atoms with Gasteiger partial charge in [0.2, 0.25) is 5.91 Å². The third-order valence-electron chi connectivity index (χ3n) is 4.08. The molecule has 1 atom stereocenters. The normalized spacial score (nSPS) is 18.2. The molecule has 8 heteroatoms. The molecule has 2 aromatic heterocycles. The summed E-state index contributed by atoms with van der Waals surface area (Å²) in [6.45, 7) is 4.15. The van der Waals surface area contributed by atoms with Crippen LogP contribution >= 0.6 is 11.3 Å². The average molecular weight is 349 g/mol. The molecule has 1 aliphatic heterocycles. The smallest absolute Gasteiger partial charge is 0.248 e. The molecule has 0 bridgehead atoms. The van der Waals surface area contributed by atoms with Crippen molar-refractivity contribution in [3.63, 3.8) is 0 Å². The lowest BCUT2D eigenvalue weighted by Crippen LogP contribution is -2.32. The summed E-state index contributed by atoms with van der Waals surface area (Å²) in [6, 6.07) is 0. The number of amides is 1. The molecule has 130 valence electrons. The van der Waals surface area contributed by atoms with Crippen LogP contribution in [-0.4, -0.2) is 64.1 Å². The van der Waals surface area contributed by atoms with E-state index in [9.17, 15) is 4.79 Å². The summed E-state index contributed by atoms with van der Waals surface area (Å²) in [5.74, 6) is 0.307. The summed E-state index contributed by atoms with van der Waals surface area (Å²) in [7, 11) is 3.48. The Labute approximate surface area is 145 Å². The lowest BCUT2D eigenvalue weighted by Gasteiger charge is -2.23. The van der Waals surface area contributed by atoms with Crippen LogP contribution < -0.4 is 0 Å². The molecule has 0 aliphatic carbocycles. The molecule has 0 radical (unpaired) electrons. The van der Waals surface area contributed by atoms with Gasteiger partial charge in [-0.05, 0) is 0 Å². The van der Waals surface area contributed by atoms with E-state index in [1.165, 1.54) is 5.69 Å². The predicted octanol–water partition coefficient (Wildman–Crippen LogP) is 1.08. The lowest BCUT2D eigenvalue weighted by molar-refractivity contribution is -0.134. The maximum Gasteiger partial charge on any atom is 0.248 e. The molecule has 3 heterocycles. The maximum atomic E-state index is 11.7. The van der Waals surface area contributed by atoms with Crippen molar-refractivity contribution in [2.24, 2.45) is 5.92 Å². The highest BCUT2D eigenvalue weighted by molar-refractivity contribution is 7.09. The molecule has 0 N–H and O–H groups in total. The van der Waals surface area contributed by atoms with E-state index in [2.05, 4.69) is 19.4 Å². The van der Waals surface area contributed by atoms with Crippen LogP contribution in [-0.2, 0) is 29.2 Å². The quantitative estimate of drug-likeness (QED) is 0.781. The summed E-state index contributed by atoms with van der Waals surface area (Å²) in [5.41, 5.74) is 1.21. The van der Waals surface area contributed by atoms with Gasteiger partial charge in [0.05, 0.1) is 25.2 Å². The van der Waals surface area contributed by atoms with Crippen molar-refractivity contribution in [1.29, 1.82) is 0 Å². The average Bonchev–Trinajstić information content (AvgIpc) is 3.16. The highest BCUT2D eigenvalue weighted by Gasteiger charge is 2.23. The van der Waals surface area contributed by atoms with Gasteiger partial charge in [-0.1, -0.05) is 0 Å². The zero-order valence-corrected chi connectivity index (χ0v) is 14.9. The summed E-state index contributed by atoms with van der Waals surface area (Å²) in [6.07, 6.45) is 5.64. The number of thiazole rings is 1. The predicted molar refractivity (Wildman–Crippen MR) is 91.5 cm³/mol. The van der Waals surface area contributed by atoms with Crippen molar-refractivity contribution in [2.45, 2.75) is 19.6 Å². The highest BCUT2D eigenvalue weighted by atomic mass is 32.1. The lowest BCUT2D eigenvalue weighted by atomic mass is 10.1. The fourth-order valence-electron chi connectivity index (χ4n) is 2.83. The Bertz CT molecular complexity index is 655. The summed E-state index contributed by atoms with van der Waals surface area (Å²) in [4.78, 5) is 24.2. The number of imidazole rings is 1. The molecule has 3 rings (SSSR count). The number of hydrogen-bond acceptors (Lipinski definition) is 6. The van der Waals surface area contributed by atoms with E-state index < -0.39 is 0 Å². The third-order valence-corrected chi connectivity index (χ3v) is 4.84. The van der Waals surface area contributed by atoms with Crippen molar-refractivity contribution in [2.75, 3.05) is 33.9 Å². The fraction of sp³-hybridized carbons (Fsp3) is 0.562. The minimum absolute atomic E-state index is 0.00779. The summed E-state index contributed by atoms with van der Waals surface area (Å²) < 4.78 is 7.85. The van der Waals surface area contributed by atoms with Gasteiger partial charge in [-0.3, -0.25) is 9.69 Å². The second-order valence-electron chi connectivity index (χ2n) is 6.30. The van der Waals surface area contributed by atoms with Crippen molar-refractivity contribution in [3.8, 4) is 0 Å². The first-order valence-electron chi connectivity index (χ1n) is 7.99. The molecular formula is C16H23N5O2S. The summed E-state index contributed by atoms with van der Waals surface area (Å²) in [5, 5.41) is 3.12. The molecule has 0 unspecified atom stereocenters. The molecular weight excluding hydrogens is 326 g/mol. The van der Waals surface area contributed by atoms with Crippen LogP contribution in [0, 0.1) is 5.92 Å². The van der Waals surface area contributed by atoms with Crippen molar-refractivity contribution >= 4 is 17.2 Å². The standard InChI is InChI=1S/C16H23N5O2S/c1-19(2)16(22)11-23-10-13-6-20(9-15-18-3-4-24-15)8-14-5-17-12-21(14)7-13/h3-5,12-13H,6-11H2,1-2H3/t13-/m1/s1. The molecule has 0 saturated carbocycles. The minimum atomic E-state index is -0.00779. The zero-order chi connectivity index (χ0) is 16.9. The molecule has 24 heavy (non-hydrogen) atoms. The Morgan fingerprint density at radius 2 is 2.33 bits per heavy atom. The Morgan fingerprint density at radius 1 is 1.46 bits per heavy atom. The summed E-state index contributed by atoms with van der Waals surface area (Å²) >= 11 is 1.68. The Hall–Kier alpha value is -1.77. The van der Waals surface area contributed by atoms with Crippen molar-refractivity contribution < 1.29 is 9.53 Å². The van der Waals surface area contributed by atoms with Gasteiger partial charge in [0.15, 0.2) is 0 Å². The van der Waals surface area contributed by atoms with Crippen LogP contribution in [0.15, 0.2) is 24.1 Å². The number of carbonyl (C=O) groups excluding carboxylic acids is 1. The largest absolute Gasteiger partial charge is 0.371 e. The zero-order valence-electron chi connectivity index (χ0n) is 14.1. The van der Waals surface area contributed by atoms with Gasteiger partial charge in [-0.15, -0.1) is 11.3 Å². The van der Waals surface area contributed by atoms with Gasteiger partial charge >= 0.3 is 0 Å². The van der Waals surface area contributed by atoms with Crippen LogP contribution in [0.5, 0.6) is 0 Å². The molecule has 0 saturated heterocycles. The number of aromatic nitrogens is 3. The van der Waals surface area contributed by atoms with Crippen LogP contribution in [0.3, 0.4) is 0 Å². The second kappa shape index (κ2) is 7.87. The highest BCUT2D eigenvalue weighted by Crippen LogP contribution is 2.19. The first-order valence-corrected chi connectivity index (χ1v) is 8.87. The Balaban J connectivity index is 1.62. The molecule has 0 spiro atoms. The van der Waals surface area contributed by atoms with Crippen molar-refractivity contribution in [1.82, 2.24) is 24.3 Å². The van der Waals surface area contributed by atoms with Gasteiger partial charge in [0, 0.05) is 57.4 Å². The molecule has 1 amide bonds. The number of likely N-dealkylation sites (N-methyl/N-ethyl adjacent to an activating group) is 1. The van der Waals surface area contributed by atoms with E-state index in [0.29, 0.717) is 12.5 Å². The number of fused-ring (bicyclic) bond motifs is 1. The van der Waals surface area contributed by atoms with E-state index in [1.54, 1.807) is 30.3 Å². The van der Waals surface area contributed by atoms with Crippen molar-refractivity contribution in [3.05, 3.63) is 34.8 Å². The first kappa shape index (κ1) is 17.1. The SMILES string of the molecule is CN(C)C(=O)COC[C@@H]1CN(Cc2nccs2)Cc2cncn2C1. The number of nitrogens with zero attached hydrogens (tertiary/aromatic N) is 5. The number of ether oxygens (including phenoxy) is 1. The van der Waals surface area contributed by atoms with Crippen LogP contribution in [0.25, 0.3) is 0 Å². The number of hydrogen-bond donors (Lipinski definition) is 0. The molecule has 0 aromatic carbocycles. The second-order valence-corrected chi connectivity index (χ2v) is 7.28. The maximum absolute atomic E-state index is 11.7. The van der Waals surface area contributed by atoms with Gasteiger partial charge < -0.3 is 14.2 Å². The molecule has 7 nitrogen and oxygen atoms in total. The molecule has 0 fully saturated rings.